The van der Waals surface area contributed by atoms with Gasteiger partial charge >= 0.3 is 6.18 Å². The minimum atomic E-state index is -4.86. The molecule has 0 aliphatic rings. The van der Waals surface area contributed by atoms with Crippen molar-refractivity contribution >= 4 is 20.0 Å². The zero-order valence-corrected chi connectivity index (χ0v) is 20.2. The molecule has 0 unspecified atom stereocenters. The summed E-state index contributed by atoms with van der Waals surface area (Å²) in [5, 5.41) is 9.04. The summed E-state index contributed by atoms with van der Waals surface area (Å²) in [7, 11) is -6.63. The molecule has 0 fully saturated rings. The SMILES string of the molecule is CNS(=O)(=O)c1ccc(-c2c(C(F)(F)F)nn(-c3ccccc3)c2-c2ccc(S(N)(=O)=O)cc2)cc1. The number of nitrogens with two attached hydrogens (primary N) is 1. The van der Waals surface area contributed by atoms with Crippen LogP contribution in [0.4, 0.5) is 13.2 Å². The molecular formula is C23H19F3N4O4S2. The highest BCUT2D eigenvalue weighted by Gasteiger charge is 2.40. The van der Waals surface area contributed by atoms with Crippen molar-refractivity contribution in [3.8, 4) is 28.1 Å². The van der Waals surface area contributed by atoms with E-state index in [1.807, 2.05) is 0 Å². The van der Waals surface area contributed by atoms with Crippen LogP contribution in [0.2, 0.25) is 0 Å². The standard InChI is InChI=1S/C23H19F3N4O4S2/c1-28-36(33,34)19-13-7-15(8-14-19)20-21(16-9-11-18(12-10-16)35(27,31)32)30(17-5-3-2-4-6-17)29-22(20)23(24,25)26/h2-14,28H,1H3,(H2,27,31,32). The molecule has 0 spiro atoms. The van der Waals surface area contributed by atoms with E-state index in [-0.39, 0.29) is 32.2 Å². The van der Waals surface area contributed by atoms with Crippen LogP contribution in [0.3, 0.4) is 0 Å². The first kappa shape index (κ1) is 25.6. The normalized spacial score (nSPS) is 12.6. The molecular weight excluding hydrogens is 517 g/mol. The molecule has 3 aromatic carbocycles. The Morgan fingerprint density at radius 2 is 1.33 bits per heavy atom. The molecule has 4 rings (SSSR count). The van der Waals surface area contributed by atoms with Gasteiger partial charge in [-0.1, -0.05) is 42.5 Å². The highest BCUT2D eigenvalue weighted by atomic mass is 32.2. The summed E-state index contributed by atoms with van der Waals surface area (Å²) in [4.78, 5) is -0.340. The third-order valence-electron chi connectivity index (χ3n) is 5.33. The van der Waals surface area contributed by atoms with Crippen molar-refractivity contribution in [1.82, 2.24) is 14.5 Å². The summed E-state index contributed by atoms with van der Waals surface area (Å²) in [6, 6.07) is 18.0. The van der Waals surface area contributed by atoms with Gasteiger partial charge in [-0.3, -0.25) is 0 Å². The number of sulfonamides is 2. The van der Waals surface area contributed by atoms with E-state index in [2.05, 4.69) is 9.82 Å². The second-order valence-corrected chi connectivity index (χ2v) is 11.1. The highest BCUT2D eigenvalue weighted by Crippen LogP contribution is 2.43. The van der Waals surface area contributed by atoms with Gasteiger partial charge in [0.05, 0.1) is 21.2 Å². The van der Waals surface area contributed by atoms with Crippen molar-refractivity contribution in [2.24, 2.45) is 5.14 Å². The van der Waals surface area contributed by atoms with E-state index in [0.717, 1.165) is 4.68 Å². The second-order valence-electron chi connectivity index (χ2n) is 7.62. The Hall–Kier alpha value is -3.52. The van der Waals surface area contributed by atoms with E-state index in [9.17, 15) is 30.0 Å². The average Bonchev–Trinajstić information content (AvgIpc) is 3.25. The van der Waals surface area contributed by atoms with E-state index in [0.29, 0.717) is 5.69 Å². The van der Waals surface area contributed by atoms with Crippen molar-refractivity contribution in [3.63, 3.8) is 0 Å². The van der Waals surface area contributed by atoms with Crippen LogP contribution in [0.25, 0.3) is 28.1 Å². The highest BCUT2D eigenvalue weighted by molar-refractivity contribution is 7.89. The van der Waals surface area contributed by atoms with Crippen molar-refractivity contribution in [2.75, 3.05) is 7.05 Å². The number of hydrogen-bond acceptors (Lipinski definition) is 5. The van der Waals surface area contributed by atoms with Gasteiger partial charge in [0.25, 0.3) is 0 Å². The molecule has 1 heterocycles. The Kier molecular flexibility index (Phi) is 6.51. The number of para-hydroxylation sites is 1. The zero-order valence-electron chi connectivity index (χ0n) is 18.6. The van der Waals surface area contributed by atoms with Gasteiger partial charge in [-0.15, -0.1) is 0 Å². The van der Waals surface area contributed by atoms with E-state index in [1.165, 1.54) is 55.6 Å². The molecule has 0 atom stereocenters. The molecule has 188 valence electrons. The van der Waals surface area contributed by atoms with Crippen LogP contribution >= 0.6 is 0 Å². The Labute approximate surface area is 205 Å². The number of primary sulfonamides is 1. The van der Waals surface area contributed by atoms with Gasteiger partial charge in [0.1, 0.15) is 0 Å². The minimum absolute atomic E-state index is 0.0266. The molecule has 0 aliphatic carbocycles. The van der Waals surface area contributed by atoms with E-state index in [4.69, 9.17) is 5.14 Å². The summed E-state index contributed by atoms with van der Waals surface area (Å²) in [5.74, 6) is 0. The van der Waals surface area contributed by atoms with Crippen molar-refractivity contribution in [2.45, 2.75) is 16.0 Å². The lowest BCUT2D eigenvalue weighted by Gasteiger charge is -2.12. The van der Waals surface area contributed by atoms with E-state index in [1.54, 1.807) is 30.3 Å². The first-order valence-electron chi connectivity index (χ1n) is 10.3. The second kappa shape index (κ2) is 9.17. The Morgan fingerprint density at radius 3 is 1.83 bits per heavy atom. The first-order chi connectivity index (χ1) is 16.8. The van der Waals surface area contributed by atoms with Crippen LogP contribution in [0, 0.1) is 0 Å². The fraction of sp³-hybridized carbons (Fsp3) is 0.0870. The Morgan fingerprint density at radius 1 is 0.806 bits per heavy atom. The maximum Gasteiger partial charge on any atom is 0.435 e. The fourth-order valence-corrected chi connectivity index (χ4v) is 4.88. The number of nitrogens with zero attached hydrogens (tertiary/aromatic N) is 2. The third-order valence-corrected chi connectivity index (χ3v) is 7.69. The summed E-state index contributed by atoms with van der Waals surface area (Å²) >= 11 is 0. The van der Waals surface area contributed by atoms with Crippen molar-refractivity contribution in [3.05, 3.63) is 84.6 Å². The van der Waals surface area contributed by atoms with Gasteiger partial charge in [0, 0.05) is 11.1 Å². The predicted molar refractivity (Wildman–Crippen MR) is 127 cm³/mol. The molecule has 0 radical (unpaired) electrons. The van der Waals surface area contributed by atoms with E-state index < -0.39 is 31.9 Å². The fourth-order valence-electron chi connectivity index (χ4n) is 3.63. The summed E-state index contributed by atoms with van der Waals surface area (Å²) in [5.41, 5.74) is -0.849. The molecule has 4 aromatic rings. The van der Waals surface area contributed by atoms with Gasteiger partial charge in [-0.05, 0) is 49.0 Å². The summed E-state index contributed by atoms with van der Waals surface area (Å²) in [6.07, 6.45) is -4.86. The number of alkyl halides is 3. The predicted octanol–water partition coefficient (Wildman–Crippen LogP) is 3.78. The average molecular weight is 537 g/mol. The molecule has 0 amide bonds. The molecule has 8 nitrogen and oxygen atoms in total. The lowest BCUT2D eigenvalue weighted by Crippen LogP contribution is -2.18. The smallest absolute Gasteiger partial charge is 0.232 e. The molecule has 0 aliphatic heterocycles. The molecule has 1 aromatic heterocycles. The molecule has 13 heteroatoms. The summed E-state index contributed by atoms with van der Waals surface area (Å²) in [6.45, 7) is 0. The Bertz CT molecular complexity index is 1620. The lowest BCUT2D eigenvalue weighted by molar-refractivity contribution is -0.140. The van der Waals surface area contributed by atoms with Crippen LogP contribution in [-0.4, -0.2) is 33.7 Å². The lowest BCUT2D eigenvalue weighted by atomic mass is 9.98. The van der Waals surface area contributed by atoms with Gasteiger partial charge in [0.2, 0.25) is 20.0 Å². The molecule has 0 bridgehead atoms. The van der Waals surface area contributed by atoms with Gasteiger partial charge in [0.15, 0.2) is 5.69 Å². The van der Waals surface area contributed by atoms with Gasteiger partial charge in [-0.2, -0.15) is 18.3 Å². The van der Waals surface area contributed by atoms with E-state index >= 15 is 0 Å². The quantitative estimate of drug-likeness (QED) is 0.388. The largest absolute Gasteiger partial charge is 0.435 e. The number of hydrogen-bond donors (Lipinski definition) is 2. The maximum absolute atomic E-state index is 14.2. The van der Waals surface area contributed by atoms with Crippen molar-refractivity contribution < 1.29 is 30.0 Å². The van der Waals surface area contributed by atoms with Crippen molar-refractivity contribution in [1.29, 1.82) is 0 Å². The van der Waals surface area contributed by atoms with Crippen LogP contribution < -0.4 is 9.86 Å². The molecule has 36 heavy (non-hydrogen) atoms. The molecule has 0 saturated carbocycles. The van der Waals surface area contributed by atoms with Crippen LogP contribution in [0.5, 0.6) is 0 Å². The van der Waals surface area contributed by atoms with Gasteiger partial charge < -0.3 is 0 Å². The number of benzene rings is 3. The third kappa shape index (κ3) is 4.91. The molecule has 3 N–H and O–H groups in total. The van der Waals surface area contributed by atoms with Crippen LogP contribution in [-0.2, 0) is 26.2 Å². The number of rotatable bonds is 6. The monoisotopic (exact) mass is 536 g/mol. The topological polar surface area (TPSA) is 124 Å². The Balaban J connectivity index is 2.05. The first-order valence-corrected chi connectivity index (χ1v) is 13.3. The number of aromatic nitrogens is 2. The zero-order chi connectivity index (χ0) is 26.3. The maximum atomic E-state index is 14.2. The van der Waals surface area contributed by atoms with Crippen LogP contribution in [0.15, 0.2) is 88.7 Å². The number of nitrogens with one attached hydrogen (secondary N) is 1. The molecule has 0 saturated heterocycles. The minimum Gasteiger partial charge on any atom is -0.232 e. The summed E-state index contributed by atoms with van der Waals surface area (Å²) < 4.78 is 93.5. The van der Waals surface area contributed by atoms with Crippen LogP contribution in [0.1, 0.15) is 5.69 Å². The number of halogens is 3. The van der Waals surface area contributed by atoms with Gasteiger partial charge in [-0.25, -0.2) is 31.4 Å².